The number of rotatable bonds is 4. The van der Waals surface area contributed by atoms with E-state index in [1.165, 1.54) is 11.1 Å². The van der Waals surface area contributed by atoms with Crippen molar-refractivity contribution in [2.24, 2.45) is 0 Å². The summed E-state index contributed by atoms with van der Waals surface area (Å²) in [5.41, 5.74) is 3.90. The van der Waals surface area contributed by atoms with Crippen molar-refractivity contribution in [3.8, 4) is 5.69 Å². The van der Waals surface area contributed by atoms with Crippen LogP contribution in [0.4, 0.5) is 0 Å². The van der Waals surface area contributed by atoms with E-state index in [0.717, 1.165) is 12.1 Å². The standard InChI is InChI=1S/C20H20N4O2/c1-23(14-19-18-8-3-2-5-15(18)9-12-26-19)20(25)16-6-4-7-17(13-16)24-11-10-21-22-24/h2-8,10-11,13,19H,9,12,14H2,1H3/t19-/m0/s1. The minimum absolute atomic E-state index is 0.0429. The average Bonchev–Trinajstić information content (AvgIpc) is 3.23. The number of nitrogens with zero attached hydrogens (tertiary/aromatic N) is 4. The molecule has 6 heteroatoms. The molecule has 0 unspecified atom stereocenters. The third kappa shape index (κ3) is 3.23. The number of ether oxygens (including phenoxy) is 1. The van der Waals surface area contributed by atoms with E-state index in [1.807, 2.05) is 43.4 Å². The summed E-state index contributed by atoms with van der Waals surface area (Å²) in [6, 6.07) is 15.7. The van der Waals surface area contributed by atoms with Gasteiger partial charge in [-0.2, -0.15) is 0 Å². The fourth-order valence-electron chi connectivity index (χ4n) is 3.31. The van der Waals surface area contributed by atoms with Gasteiger partial charge in [-0.05, 0) is 35.7 Å². The maximum absolute atomic E-state index is 12.9. The number of carbonyl (C=O) groups excluding carboxylic acids is 1. The van der Waals surface area contributed by atoms with Crippen molar-refractivity contribution in [3.05, 3.63) is 77.6 Å². The van der Waals surface area contributed by atoms with Gasteiger partial charge in [-0.25, -0.2) is 4.68 Å². The summed E-state index contributed by atoms with van der Waals surface area (Å²) < 4.78 is 7.56. The molecular formula is C20H20N4O2. The SMILES string of the molecule is CN(C[C@@H]1OCCc2ccccc21)C(=O)c1cccc(-n2ccnn2)c1. The Morgan fingerprint density at radius 1 is 1.27 bits per heavy atom. The van der Waals surface area contributed by atoms with E-state index in [4.69, 9.17) is 4.74 Å². The van der Waals surface area contributed by atoms with Crippen molar-refractivity contribution in [1.82, 2.24) is 19.9 Å². The third-order valence-corrected chi connectivity index (χ3v) is 4.66. The second-order valence-corrected chi connectivity index (χ2v) is 6.39. The molecule has 1 aromatic heterocycles. The van der Waals surface area contributed by atoms with Gasteiger partial charge in [-0.15, -0.1) is 5.10 Å². The van der Waals surface area contributed by atoms with Crippen LogP contribution in [-0.4, -0.2) is 46.0 Å². The lowest BCUT2D eigenvalue weighted by Gasteiger charge is -2.29. The van der Waals surface area contributed by atoms with Crippen molar-refractivity contribution >= 4 is 5.91 Å². The second-order valence-electron chi connectivity index (χ2n) is 6.39. The van der Waals surface area contributed by atoms with Crippen molar-refractivity contribution in [1.29, 1.82) is 0 Å². The summed E-state index contributed by atoms with van der Waals surface area (Å²) in [5.74, 6) is -0.0429. The van der Waals surface area contributed by atoms with Gasteiger partial charge in [0.2, 0.25) is 0 Å². The van der Waals surface area contributed by atoms with Crippen molar-refractivity contribution < 1.29 is 9.53 Å². The quantitative estimate of drug-likeness (QED) is 0.727. The zero-order chi connectivity index (χ0) is 17.9. The predicted octanol–water partition coefficient (Wildman–Crippen LogP) is 2.65. The molecule has 0 aliphatic carbocycles. The third-order valence-electron chi connectivity index (χ3n) is 4.66. The lowest BCUT2D eigenvalue weighted by molar-refractivity contribution is 0.0200. The van der Waals surface area contributed by atoms with Gasteiger partial charge in [0.1, 0.15) is 6.10 Å². The summed E-state index contributed by atoms with van der Waals surface area (Å²) >= 11 is 0. The molecule has 26 heavy (non-hydrogen) atoms. The van der Waals surface area contributed by atoms with Crippen molar-refractivity contribution in [2.45, 2.75) is 12.5 Å². The number of hydrogen-bond acceptors (Lipinski definition) is 4. The highest BCUT2D eigenvalue weighted by Gasteiger charge is 2.24. The number of aromatic nitrogens is 3. The number of benzene rings is 2. The summed E-state index contributed by atoms with van der Waals surface area (Å²) in [6.45, 7) is 1.20. The average molecular weight is 348 g/mol. The first-order chi connectivity index (χ1) is 12.7. The molecule has 1 aliphatic heterocycles. The lowest BCUT2D eigenvalue weighted by Crippen LogP contribution is -2.33. The fourth-order valence-corrected chi connectivity index (χ4v) is 3.31. The topological polar surface area (TPSA) is 60.2 Å². The molecule has 0 saturated carbocycles. The predicted molar refractivity (Wildman–Crippen MR) is 97.2 cm³/mol. The maximum Gasteiger partial charge on any atom is 0.253 e. The van der Waals surface area contributed by atoms with E-state index in [-0.39, 0.29) is 12.0 Å². The summed E-state index contributed by atoms with van der Waals surface area (Å²) in [7, 11) is 1.81. The van der Waals surface area contributed by atoms with E-state index in [2.05, 4.69) is 22.4 Å². The minimum Gasteiger partial charge on any atom is -0.371 e. The fraction of sp³-hybridized carbons (Fsp3) is 0.250. The molecule has 3 aromatic rings. The Bertz CT molecular complexity index is 908. The molecule has 4 rings (SSSR count). The van der Waals surface area contributed by atoms with Gasteiger partial charge >= 0.3 is 0 Å². The normalized spacial score (nSPS) is 16.1. The Morgan fingerprint density at radius 2 is 2.15 bits per heavy atom. The first-order valence-electron chi connectivity index (χ1n) is 8.64. The van der Waals surface area contributed by atoms with Gasteiger partial charge in [-0.1, -0.05) is 35.5 Å². The van der Waals surface area contributed by atoms with Crippen LogP contribution in [0.2, 0.25) is 0 Å². The lowest BCUT2D eigenvalue weighted by atomic mass is 9.97. The molecule has 1 aliphatic rings. The van der Waals surface area contributed by atoms with E-state index in [1.54, 1.807) is 22.0 Å². The van der Waals surface area contributed by atoms with Gasteiger partial charge in [0, 0.05) is 12.6 Å². The van der Waals surface area contributed by atoms with E-state index >= 15 is 0 Å². The summed E-state index contributed by atoms with van der Waals surface area (Å²) in [6.07, 6.45) is 4.19. The number of fused-ring (bicyclic) bond motifs is 1. The first kappa shape index (κ1) is 16.5. The molecule has 1 atom stereocenters. The van der Waals surface area contributed by atoms with Crippen LogP contribution in [0.3, 0.4) is 0 Å². The number of amides is 1. The number of likely N-dealkylation sites (N-methyl/N-ethyl adjacent to an activating group) is 1. The smallest absolute Gasteiger partial charge is 0.253 e. The van der Waals surface area contributed by atoms with Crippen molar-refractivity contribution in [3.63, 3.8) is 0 Å². The van der Waals surface area contributed by atoms with Gasteiger partial charge in [0.25, 0.3) is 5.91 Å². The molecule has 6 nitrogen and oxygen atoms in total. The largest absolute Gasteiger partial charge is 0.371 e. The van der Waals surface area contributed by atoms with Gasteiger partial charge in [0.05, 0.1) is 31.2 Å². The van der Waals surface area contributed by atoms with Crippen LogP contribution in [0.5, 0.6) is 0 Å². The number of hydrogen-bond donors (Lipinski definition) is 0. The van der Waals surface area contributed by atoms with E-state index < -0.39 is 0 Å². The molecule has 0 fully saturated rings. The Hall–Kier alpha value is -2.99. The van der Waals surface area contributed by atoms with E-state index in [9.17, 15) is 4.79 Å². The monoisotopic (exact) mass is 348 g/mol. The zero-order valence-electron chi connectivity index (χ0n) is 14.6. The highest BCUT2D eigenvalue weighted by molar-refractivity contribution is 5.94. The van der Waals surface area contributed by atoms with Crippen LogP contribution in [0.1, 0.15) is 27.6 Å². The van der Waals surface area contributed by atoms with Crippen LogP contribution in [-0.2, 0) is 11.2 Å². The summed E-state index contributed by atoms with van der Waals surface area (Å²) in [5, 5.41) is 7.78. The Labute approximate surface area is 152 Å². The Morgan fingerprint density at radius 3 is 3.00 bits per heavy atom. The second kappa shape index (κ2) is 7.09. The molecule has 2 heterocycles. The first-order valence-corrected chi connectivity index (χ1v) is 8.64. The molecule has 0 radical (unpaired) electrons. The number of carbonyl (C=O) groups is 1. The molecular weight excluding hydrogens is 328 g/mol. The van der Waals surface area contributed by atoms with Crippen LogP contribution < -0.4 is 0 Å². The molecule has 0 spiro atoms. The molecule has 0 saturated heterocycles. The molecule has 0 N–H and O–H groups in total. The van der Waals surface area contributed by atoms with Gasteiger partial charge < -0.3 is 9.64 Å². The molecule has 132 valence electrons. The van der Waals surface area contributed by atoms with Crippen LogP contribution in [0, 0.1) is 0 Å². The Balaban J connectivity index is 1.52. The molecule has 0 bridgehead atoms. The highest BCUT2D eigenvalue weighted by atomic mass is 16.5. The maximum atomic E-state index is 12.9. The van der Waals surface area contributed by atoms with Crippen molar-refractivity contribution in [2.75, 3.05) is 20.2 Å². The van der Waals surface area contributed by atoms with Crippen LogP contribution in [0.25, 0.3) is 5.69 Å². The van der Waals surface area contributed by atoms with E-state index in [0.29, 0.717) is 18.7 Å². The molecule has 1 amide bonds. The summed E-state index contributed by atoms with van der Waals surface area (Å²) in [4.78, 5) is 14.6. The highest BCUT2D eigenvalue weighted by Crippen LogP contribution is 2.27. The van der Waals surface area contributed by atoms with Gasteiger partial charge in [0.15, 0.2) is 0 Å². The van der Waals surface area contributed by atoms with Gasteiger partial charge in [-0.3, -0.25) is 4.79 Å². The zero-order valence-corrected chi connectivity index (χ0v) is 14.6. The van der Waals surface area contributed by atoms with Crippen LogP contribution >= 0.6 is 0 Å². The Kier molecular flexibility index (Phi) is 4.50. The molecule has 2 aromatic carbocycles. The minimum atomic E-state index is -0.0904. The van der Waals surface area contributed by atoms with Crippen LogP contribution in [0.15, 0.2) is 60.9 Å².